The topological polar surface area (TPSA) is 94.7 Å². The van der Waals surface area contributed by atoms with Crippen molar-refractivity contribution in [3.05, 3.63) is 39.2 Å². The highest BCUT2D eigenvalue weighted by Crippen LogP contribution is 2.28. The minimum absolute atomic E-state index is 0.0618. The van der Waals surface area contributed by atoms with Gasteiger partial charge in [-0.1, -0.05) is 11.6 Å². The largest absolute Gasteiger partial charge is 0.288 e. The molecule has 0 saturated carbocycles. The summed E-state index contributed by atoms with van der Waals surface area (Å²) in [6.45, 7) is 1.65. The fraction of sp³-hybridized carbons (Fsp3) is 0.111. The van der Waals surface area contributed by atoms with E-state index in [0.29, 0.717) is 11.4 Å². The highest BCUT2D eigenvalue weighted by Gasteiger charge is 2.15. The zero-order chi connectivity index (χ0) is 12.4. The first kappa shape index (κ1) is 11.3. The van der Waals surface area contributed by atoms with Crippen LogP contribution in [0.4, 0.5) is 5.69 Å². The molecule has 0 amide bonds. The van der Waals surface area contributed by atoms with Crippen molar-refractivity contribution < 1.29 is 4.92 Å². The maximum Gasteiger partial charge on any atom is 0.288 e. The molecule has 1 aromatic carbocycles. The van der Waals surface area contributed by atoms with E-state index in [-0.39, 0.29) is 16.5 Å². The van der Waals surface area contributed by atoms with Crippen LogP contribution in [0.3, 0.4) is 0 Å². The molecule has 0 atom stereocenters. The number of nitro groups is 1. The molecule has 8 heteroatoms. The Labute approximate surface area is 101 Å². The van der Waals surface area contributed by atoms with Crippen molar-refractivity contribution in [3.63, 3.8) is 0 Å². The van der Waals surface area contributed by atoms with Crippen LogP contribution in [0.25, 0.3) is 11.4 Å². The normalized spacial score (nSPS) is 10.2. The number of aryl methyl sites for hydroxylation is 1. The van der Waals surface area contributed by atoms with Gasteiger partial charge in [0, 0.05) is 11.6 Å². The minimum Gasteiger partial charge on any atom is -0.258 e. The molecule has 0 saturated heterocycles. The summed E-state index contributed by atoms with van der Waals surface area (Å²) >= 11 is 5.69. The molecule has 0 N–H and O–H groups in total. The molecule has 0 aliphatic rings. The third-order valence-electron chi connectivity index (χ3n) is 1.98. The van der Waals surface area contributed by atoms with Crippen molar-refractivity contribution in [2.75, 3.05) is 0 Å². The zero-order valence-corrected chi connectivity index (χ0v) is 9.42. The summed E-state index contributed by atoms with van der Waals surface area (Å²) in [4.78, 5) is 10.1. The number of nitrogens with zero attached hydrogens (tertiary/aromatic N) is 5. The quantitative estimate of drug-likeness (QED) is 0.597. The van der Waals surface area contributed by atoms with E-state index >= 15 is 0 Å². The summed E-state index contributed by atoms with van der Waals surface area (Å²) in [6, 6.07) is 4.28. The Morgan fingerprint density at radius 1 is 1.24 bits per heavy atom. The Hall–Kier alpha value is -2.15. The SMILES string of the molecule is Cc1nnc(-c2ccc(Cl)c([N+](=O)[O-])c2)nn1. The standard InChI is InChI=1S/C9H6ClN5O2/c1-5-11-13-9(14-12-5)6-2-3-7(10)8(4-6)15(16)17/h2-4H,1H3. The van der Waals surface area contributed by atoms with Crippen LogP contribution in [0, 0.1) is 17.0 Å². The molecule has 2 rings (SSSR count). The number of halogens is 1. The van der Waals surface area contributed by atoms with Gasteiger partial charge in [-0.3, -0.25) is 10.1 Å². The van der Waals surface area contributed by atoms with Gasteiger partial charge in [0.15, 0.2) is 5.82 Å². The van der Waals surface area contributed by atoms with Gasteiger partial charge in [0.05, 0.1) is 4.92 Å². The highest BCUT2D eigenvalue weighted by atomic mass is 35.5. The molecule has 0 radical (unpaired) electrons. The van der Waals surface area contributed by atoms with E-state index in [2.05, 4.69) is 20.4 Å². The Balaban J connectivity index is 2.50. The first-order valence-corrected chi connectivity index (χ1v) is 4.94. The molecule has 2 aromatic rings. The number of hydrogen-bond acceptors (Lipinski definition) is 6. The van der Waals surface area contributed by atoms with Crippen LogP contribution >= 0.6 is 11.6 Å². The first-order chi connectivity index (χ1) is 8.08. The predicted octanol–water partition coefficient (Wildman–Crippen LogP) is 1.80. The zero-order valence-electron chi connectivity index (χ0n) is 8.66. The molecule has 0 bridgehead atoms. The van der Waals surface area contributed by atoms with Crippen molar-refractivity contribution >= 4 is 17.3 Å². The van der Waals surface area contributed by atoms with Crippen LogP contribution in [-0.2, 0) is 0 Å². The number of benzene rings is 1. The Kier molecular flexibility index (Phi) is 2.92. The molecular weight excluding hydrogens is 246 g/mol. The van der Waals surface area contributed by atoms with Gasteiger partial charge in [-0.2, -0.15) is 0 Å². The first-order valence-electron chi connectivity index (χ1n) is 4.56. The monoisotopic (exact) mass is 251 g/mol. The van der Waals surface area contributed by atoms with Crippen LogP contribution < -0.4 is 0 Å². The van der Waals surface area contributed by atoms with Crippen molar-refractivity contribution in [1.82, 2.24) is 20.4 Å². The second kappa shape index (κ2) is 4.38. The number of rotatable bonds is 2. The Morgan fingerprint density at radius 2 is 1.88 bits per heavy atom. The van der Waals surface area contributed by atoms with Gasteiger partial charge in [0.25, 0.3) is 5.69 Å². The summed E-state index contributed by atoms with van der Waals surface area (Å²) in [5.41, 5.74) is 0.245. The van der Waals surface area contributed by atoms with E-state index in [1.807, 2.05) is 0 Å². The molecule has 0 aliphatic carbocycles. The van der Waals surface area contributed by atoms with E-state index < -0.39 is 4.92 Å². The van der Waals surface area contributed by atoms with E-state index in [4.69, 9.17) is 11.6 Å². The fourth-order valence-electron chi connectivity index (χ4n) is 1.19. The maximum atomic E-state index is 10.7. The lowest BCUT2D eigenvalue weighted by atomic mass is 10.2. The van der Waals surface area contributed by atoms with Gasteiger partial charge in [-0.15, -0.1) is 20.4 Å². The molecule has 1 heterocycles. The fourth-order valence-corrected chi connectivity index (χ4v) is 1.37. The molecule has 0 aliphatic heterocycles. The maximum absolute atomic E-state index is 10.7. The van der Waals surface area contributed by atoms with Crippen LogP contribution in [0.2, 0.25) is 5.02 Å². The van der Waals surface area contributed by atoms with E-state index in [1.165, 1.54) is 12.1 Å². The van der Waals surface area contributed by atoms with Crippen molar-refractivity contribution in [3.8, 4) is 11.4 Å². The van der Waals surface area contributed by atoms with Gasteiger partial charge in [-0.05, 0) is 19.1 Å². The third-order valence-corrected chi connectivity index (χ3v) is 2.30. The molecule has 0 unspecified atom stereocenters. The predicted molar refractivity (Wildman–Crippen MR) is 59.5 cm³/mol. The molecule has 0 spiro atoms. The summed E-state index contributed by atoms with van der Waals surface area (Å²) in [5.74, 6) is 0.646. The lowest BCUT2D eigenvalue weighted by molar-refractivity contribution is -0.384. The summed E-state index contributed by atoms with van der Waals surface area (Å²) < 4.78 is 0. The van der Waals surface area contributed by atoms with Crippen molar-refractivity contribution in [2.24, 2.45) is 0 Å². The smallest absolute Gasteiger partial charge is 0.258 e. The van der Waals surface area contributed by atoms with E-state index in [1.54, 1.807) is 13.0 Å². The van der Waals surface area contributed by atoms with Gasteiger partial charge < -0.3 is 0 Å². The van der Waals surface area contributed by atoms with Crippen LogP contribution in [-0.4, -0.2) is 25.3 Å². The average molecular weight is 252 g/mol. The van der Waals surface area contributed by atoms with Crippen LogP contribution in [0.1, 0.15) is 5.82 Å². The van der Waals surface area contributed by atoms with Gasteiger partial charge in [-0.25, -0.2) is 0 Å². The second-order valence-electron chi connectivity index (χ2n) is 3.19. The van der Waals surface area contributed by atoms with Crippen LogP contribution in [0.15, 0.2) is 18.2 Å². The molecular formula is C9H6ClN5O2. The Morgan fingerprint density at radius 3 is 2.47 bits per heavy atom. The minimum atomic E-state index is -0.569. The lowest BCUT2D eigenvalue weighted by Crippen LogP contribution is -1.99. The third kappa shape index (κ3) is 2.34. The van der Waals surface area contributed by atoms with Crippen LogP contribution in [0.5, 0.6) is 0 Å². The Bertz CT molecular complexity index is 572. The second-order valence-corrected chi connectivity index (χ2v) is 3.60. The van der Waals surface area contributed by atoms with Gasteiger partial charge in [0.2, 0.25) is 5.82 Å². The molecule has 0 fully saturated rings. The van der Waals surface area contributed by atoms with E-state index in [9.17, 15) is 10.1 Å². The molecule has 17 heavy (non-hydrogen) atoms. The van der Waals surface area contributed by atoms with Gasteiger partial charge in [0.1, 0.15) is 5.02 Å². The molecule has 86 valence electrons. The average Bonchev–Trinajstić information content (AvgIpc) is 2.30. The van der Waals surface area contributed by atoms with Gasteiger partial charge >= 0.3 is 0 Å². The lowest BCUT2D eigenvalue weighted by Gasteiger charge is -1.99. The number of nitro benzene ring substituents is 1. The number of hydrogen-bond donors (Lipinski definition) is 0. The van der Waals surface area contributed by atoms with Crippen molar-refractivity contribution in [1.29, 1.82) is 0 Å². The number of aromatic nitrogens is 4. The summed E-state index contributed by atoms with van der Waals surface area (Å²) in [5, 5.41) is 25.8. The molecule has 1 aromatic heterocycles. The van der Waals surface area contributed by atoms with Crippen molar-refractivity contribution in [2.45, 2.75) is 6.92 Å². The summed E-state index contributed by atoms with van der Waals surface area (Å²) in [7, 11) is 0. The van der Waals surface area contributed by atoms with E-state index in [0.717, 1.165) is 0 Å². The highest BCUT2D eigenvalue weighted by molar-refractivity contribution is 6.32. The molecule has 7 nitrogen and oxygen atoms in total. The summed E-state index contributed by atoms with van der Waals surface area (Å²) in [6.07, 6.45) is 0.